The van der Waals surface area contributed by atoms with E-state index in [1.807, 2.05) is 0 Å². The molecule has 0 radical (unpaired) electrons. The molecule has 0 atom stereocenters. The molecule has 1 aliphatic carbocycles. The van der Waals surface area contributed by atoms with Crippen LogP contribution in [0.2, 0.25) is 0 Å². The van der Waals surface area contributed by atoms with Crippen LogP contribution in [0, 0.1) is 0 Å². The summed E-state index contributed by atoms with van der Waals surface area (Å²) in [7, 11) is 0. The molecular formula is C8H12N4. The van der Waals surface area contributed by atoms with Crippen molar-refractivity contribution in [3.05, 3.63) is 11.3 Å². The fourth-order valence-corrected chi connectivity index (χ4v) is 2.26. The van der Waals surface area contributed by atoms with Crippen molar-refractivity contribution in [2.45, 2.75) is 31.3 Å². The molecular weight excluding hydrogens is 152 g/mol. The Labute approximate surface area is 70.5 Å². The lowest BCUT2D eigenvalue weighted by Crippen LogP contribution is -2.43. The molecule has 0 amide bonds. The van der Waals surface area contributed by atoms with Gasteiger partial charge in [-0.15, -0.1) is 0 Å². The van der Waals surface area contributed by atoms with Crippen molar-refractivity contribution in [2.24, 2.45) is 0 Å². The Morgan fingerprint density at radius 2 is 2.25 bits per heavy atom. The number of H-pyrrole nitrogens is 1. The zero-order chi connectivity index (χ0) is 8.18. The molecule has 0 aromatic carbocycles. The minimum Gasteiger partial charge on any atom is -0.382 e. The fraction of sp³-hybridized carbons (Fsp3) is 0.625. The van der Waals surface area contributed by atoms with Crippen LogP contribution in [0.15, 0.2) is 0 Å². The van der Waals surface area contributed by atoms with E-state index in [4.69, 9.17) is 5.73 Å². The predicted molar refractivity (Wildman–Crippen MR) is 45.4 cm³/mol. The number of aromatic amines is 1. The molecule has 2 heterocycles. The molecule has 0 saturated heterocycles. The number of hydrogen-bond acceptors (Lipinski definition) is 3. The van der Waals surface area contributed by atoms with Gasteiger partial charge in [0, 0.05) is 12.1 Å². The SMILES string of the molecule is Nc1n[nH]c2c1CNC21CCC1. The summed E-state index contributed by atoms with van der Waals surface area (Å²) in [6.07, 6.45) is 3.76. The lowest BCUT2D eigenvalue weighted by Gasteiger charge is -2.38. The molecule has 1 aliphatic heterocycles. The van der Waals surface area contributed by atoms with Gasteiger partial charge < -0.3 is 11.1 Å². The second-order valence-electron chi connectivity index (χ2n) is 3.75. The number of nitrogens with zero attached hydrogens (tertiary/aromatic N) is 1. The van der Waals surface area contributed by atoms with E-state index in [2.05, 4.69) is 15.5 Å². The van der Waals surface area contributed by atoms with Crippen molar-refractivity contribution in [1.82, 2.24) is 15.5 Å². The van der Waals surface area contributed by atoms with Crippen LogP contribution in [0.1, 0.15) is 30.5 Å². The summed E-state index contributed by atoms with van der Waals surface area (Å²) >= 11 is 0. The second-order valence-corrected chi connectivity index (χ2v) is 3.75. The number of aromatic nitrogens is 2. The molecule has 64 valence electrons. The second kappa shape index (κ2) is 1.82. The maximum absolute atomic E-state index is 5.71. The number of nitrogen functional groups attached to an aromatic ring is 1. The molecule has 2 aliphatic rings. The molecule has 0 bridgehead atoms. The third-order valence-electron chi connectivity index (χ3n) is 3.19. The van der Waals surface area contributed by atoms with Crippen molar-refractivity contribution < 1.29 is 0 Å². The van der Waals surface area contributed by atoms with E-state index < -0.39 is 0 Å². The first-order valence-electron chi connectivity index (χ1n) is 4.40. The topological polar surface area (TPSA) is 66.7 Å². The first-order chi connectivity index (χ1) is 5.82. The molecule has 4 N–H and O–H groups in total. The van der Waals surface area contributed by atoms with Crippen molar-refractivity contribution in [1.29, 1.82) is 0 Å². The van der Waals surface area contributed by atoms with E-state index >= 15 is 0 Å². The van der Waals surface area contributed by atoms with Crippen LogP contribution in [0.5, 0.6) is 0 Å². The first-order valence-corrected chi connectivity index (χ1v) is 4.40. The molecule has 0 unspecified atom stereocenters. The van der Waals surface area contributed by atoms with Gasteiger partial charge in [0.1, 0.15) is 5.82 Å². The molecule has 1 aromatic heterocycles. The summed E-state index contributed by atoms with van der Waals surface area (Å²) in [6.45, 7) is 0.887. The molecule has 12 heavy (non-hydrogen) atoms. The molecule has 1 saturated carbocycles. The van der Waals surface area contributed by atoms with E-state index in [-0.39, 0.29) is 5.54 Å². The number of rotatable bonds is 0. The van der Waals surface area contributed by atoms with Gasteiger partial charge in [-0.25, -0.2) is 0 Å². The van der Waals surface area contributed by atoms with Crippen molar-refractivity contribution >= 4 is 5.82 Å². The van der Waals surface area contributed by atoms with Crippen LogP contribution >= 0.6 is 0 Å². The Morgan fingerprint density at radius 1 is 1.42 bits per heavy atom. The zero-order valence-corrected chi connectivity index (χ0v) is 6.85. The summed E-state index contributed by atoms with van der Waals surface area (Å²) < 4.78 is 0. The van der Waals surface area contributed by atoms with E-state index in [0.29, 0.717) is 5.82 Å². The van der Waals surface area contributed by atoms with Gasteiger partial charge in [0.15, 0.2) is 0 Å². The fourth-order valence-electron chi connectivity index (χ4n) is 2.26. The minimum atomic E-state index is 0.222. The standard InChI is InChI=1S/C8H12N4/c9-7-5-4-10-8(2-1-3-8)6(5)11-12-7/h10H,1-4H2,(H3,9,11,12). The van der Waals surface area contributed by atoms with Gasteiger partial charge >= 0.3 is 0 Å². The highest BCUT2D eigenvalue weighted by Gasteiger charge is 2.45. The van der Waals surface area contributed by atoms with Gasteiger partial charge in [0.05, 0.1) is 11.2 Å². The quantitative estimate of drug-likeness (QED) is 0.522. The number of fused-ring (bicyclic) bond motifs is 2. The normalized spacial score (nSPS) is 24.0. The number of nitrogens with one attached hydrogen (secondary N) is 2. The van der Waals surface area contributed by atoms with Gasteiger partial charge in [-0.2, -0.15) is 5.10 Å². The van der Waals surface area contributed by atoms with Crippen LogP contribution in [0.3, 0.4) is 0 Å². The lowest BCUT2D eigenvalue weighted by atomic mass is 9.75. The summed E-state index contributed by atoms with van der Waals surface area (Å²) in [5, 5.41) is 10.6. The first kappa shape index (κ1) is 6.48. The monoisotopic (exact) mass is 164 g/mol. The van der Waals surface area contributed by atoms with Crippen molar-refractivity contribution in [3.8, 4) is 0 Å². The molecule has 1 spiro atoms. The predicted octanol–water partition coefficient (Wildman–Crippen LogP) is 0.474. The van der Waals surface area contributed by atoms with Gasteiger partial charge in [-0.05, 0) is 19.3 Å². The number of nitrogens with two attached hydrogens (primary N) is 1. The van der Waals surface area contributed by atoms with Gasteiger partial charge in [0.25, 0.3) is 0 Å². The van der Waals surface area contributed by atoms with Crippen LogP contribution in [0.25, 0.3) is 0 Å². The smallest absolute Gasteiger partial charge is 0.150 e. The van der Waals surface area contributed by atoms with Gasteiger partial charge in [0.2, 0.25) is 0 Å². The maximum atomic E-state index is 5.71. The maximum Gasteiger partial charge on any atom is 0.150 e. The minimum absolute atomic E-state index is 0.222. The van der Waals surface area contributed by atoms with Crippen LogP contribution in [0.4, 0.5) is 5.82 Å². The summed E-state index contributed by atoms with van der Waals surface area (Å²) in [5.74, 6) is 0.668. The third kappa shape index (κ3) is 0.557. The van der Waals surface area contributed by atoms with E-state index in [1.165, 1.54) is 30.5 Å². The van der Waals surface area contributed by atoms with Gasteiger partial charge in [-0.3, -0.25) is 5.10 Å². The summed E-state index contributed by atoms with van der Waals surface area (Å²) in [5.41, 5.74) is 8.36. The van der Waals surface area contributed by atoms with Gasteiger partial charge in [-0.1, -0.05) is 0 Å². The molecule has 3 rings (SSSR count). The summed E-state index contributed by atoms with van der Waals surface area (Å²) in [6, 6.07) is 0. The van der Waals surface area contributed by atoms with Crippen molar-refractivity contribution in [2.75, 3.05) is 5.73 Å². The lowest BCUT2D eigenvalue weighted by molar-refractivity contribution is 0.197. The Hall–Kier alpha value is -1.03. The summed E-state index contributed by atoms with van der Waals surface area (Å²) in [4.78, 5) is 0. The average molecular weight is 164 g/mol. The Bertz CT molecular complexity index is 324. The van der Waals surface area contributed by atoms with Crippen LogP contribution in [-0.4, -0.2) is 10.2 Å². The number of anilines is 1. The largest absolute Gasteiger partial charge is 0.382 e. The highest BCUT2D eigenvalue weighted by Crippen LogP contribution is 2.46. The van der Waals surface area contributed by atoms with Crippen LogP contribution < -0.4 is 11.1 Å². The van der Waals surface area contributed by atoms with Crippen molar-refractivity contribution in [3.63, 3.8) is 0 Å². The number of hydrogen-bond donors (Lipinski definition) is 3. The Morgan fingerprint density at radius 3 is 2.92 bits per heavy atom. The average Bonchev–Trinajstić information content (AvgIpc) is 2.49. The van der Waals surface area contributed by atoms with E-state index in [0.717, 1.165) is 6.54 Å². The Kier molecular flexibility index (Phi) is 0.985. The highest BCUT2D eigenvalue weighted by atomic mass is 15.2. The third-order valence-corrected chi connectivity index (χ3v) is 3.19. The van der Waals surface area contributed by atoms with E-state index in [9.17, 15) is 0 Å². The zero-order valence-electron chi connectivity index (χ0n) is 6.85. The highest BCUT2D eigenvalue weighted by molar-refractivity contribution is 5.48. The molecule has 4 heteroatoms. The molecule has 4 nitrogen and oxygen atoms in total. The Balaban J connectivity index is 2.13. The van der Waals surface area contributed by atoms with E-state index in [1.54, 1.807) is 0 Å². The molecule has 1 fully saturated rings. The van der Waals surface area contributed by atoms with Crippen LogP contribution in [-0.2, 0) is 12.1 Å². The molecule has 1 aromatic rings.